The van der Waals surface area contributed by atoms with Crippen LogP contribution in [0.15, 0.2) is 46.2 Å². The molecule has 0 radical (unpaired) electrons. The van der Waals surface area contributed by atoms with Crippen LogP contribution in [-0.2, 0) is 10.0 Å². The summed E-state index contributed by atoms with van der Waals surface area (Å²) in [6.45, 7) is 9.29. The summed E-state index contributed by atoms with van der Waals surface area (Å²) < 4.78 is 29.1. The SMILES string of the molecule is Cc1csc(-c2ccc(S(=O)(=O)N3CCN(C[C@H](C)Nc4ncnc5c(C)csc45)CC3)cc2)n1. The number of nitrogens with zero attached hydrogens (tertiary/aromatic N) is 5. The largest absolute Gasteiger partial charge is 0.365 e. The molecule has 35 heavy (non-hydrogen) atoms. The van der Waals surface area contributed by atoms with Gasteiger partial charge in [-0.05, 0) is 43.8 Å². The van der Waals surface area contributed by atoms with E-state index in [-0.39, 0.29) is 6.04 Å². The van der Waals surface area contributed by atoms with Crippen molar-refractivity contribution < 1.29 is 8.42 Å². The zero-order valence-corrected chi connectivity index (χ0v) is 22.4. The number of benzene rings is 1. The first kappa shape index (κ1) is 24.3. The smallest absolute Gasteiger partial charge is 0.243 e. The van der Waals surface area contributed by atoms with Crippen LogP contribution in [0, 0.1) is 13.8 Å². The highest BCUT2D eigenvalue weighted by atomic mass is 32.2. The molecular formula is C24H28N6O2S3. The van der Waals surface area contributed by atoms with Gasteiger partial charge in [0.1, 0.15) is 17.2 Å². The van der Waals surface area contributed by atoms with E-state index in [1.807, 2.05) is 24.4 Å². The lowest BCUT2D eigenvalue weighted by molar-refractivity contribution is 0.184. The van der Waals surface area contributed by atoms with E-state index < -0.39 is 10.0 Å². The maximum absolute atomic E-state index is 13.2. The number of piperazine rings is 1. The van der Waals surface area contributed by atoms with Crippen molar-refractivity contribution in [2.75, 3.05) is 38.0 Å². The molecule has 0 aliphatic carbocycles. The number of thiazole rings is 1. The van der Waals surface area contributed by atoms with Crippen LogP contribution in [0.25, 0.3) is 20.8 Å². The Balaban J connectivity index is 1.18. The van der Waals surface area contributed by atoms with Crippen LogP contribution >= 0.6 is 22.7 Å². The summed E-state index contributed by atoms with van der Waals surface area (Å²) in [6.07, 6.45) is 1.60. The van der Waals surface area contributed by atoms with Gasteiger partial charge >= 0.3 is 0 Å². The van der Waals surface area contributed by atoms with Crippen molar-refractivity contribution in [3.8, 4) is 10.6 Å². The van der Waals surface area contributed by atoms with Crippen LogP contribution in [0.1, 0.15) is 18.2 Å². The third-order valence-corrected chi connectivity index (χ3v) is 10.2. The molecule has 1 aliphatic heterocycles. The minimum absolute atomic E-state index is 0.167. The lowest BCUT2D eigenvalue weighted by Gasteiger charge is -2.35. The third kappa shape index (κ3) is 5.10. The first-order valence-corrected chi connectivity index (χ1v) is 14.7. The Hall–Kier alpha value is -2.44. The van der Waals surface area contributed by atoms with Crippen molar-refractivity contribution in [3.63, 3.8) is 0 Å². The first-order valence-electron chi connectivity index (χ1n) is 11.5. The van der Waals surface area contributed by atoms with E-state index in [2.05, 4.69) is 44.4 Å². The quantitative estimate of drug-likeness (QED) is 0.384. The van der Waals surface area contributed by atoms with Gasteiger partial charge in [0.25, 0.3) is 0 Å². The van der Waals surface area contributed by atoms with E-state index in [1.165, 1.54) is 0 Å². The fraction of sp³-hybridized carbons (Fsp3) is 0.375. The number of aromatic nitrogens is 3. The number of nitrogens with one attached hydrogen (secondary N) is 1. The molecule has 0 saturated carbocycles. The van der Waals surface area contributed by atoms with Crippen molar-refractivity contribution in [3.05, 3.63) is 52.6 Å². The fourth-order valence-corrected chi connectivity index (χ4v) is 7.48. The standard InChI is InChI=1S/C24H28N6O2S3/c1-16-13-33-22-21(16)25-15-26-23(22)27-17(2)12-29-8-10-30(11-9-29)35(31,32)20-6-4-19(5-7-20)24-28-18(3)14-34-24/h4-7,13-15,17H,8-12H2,1-3H3,(H,25,26,27)/t17-/m0/s1. The number of rotatable bonds is 7. The Morgan fingerprint density at radius 2 is 1.77 bits per heavy atom. The van der Waals surface area contributed by atoms with Gasteiger partial charge in [-0.2, -0.15) is 4.31 Å². The molecule has 3 aromatic heterocycles. The Bertz CT molecular complexity index is 1420. The van der Waals surface area contributed by atoms with E-state index in [4.69, 9.17) is 0 Å². The van der Waals surface area contributed by atoms with Crippen LogP contribution in [-0.4, -0.2) is 71.3 Å². The summed E-state index contributed by atoms with van der Waals surface area (Å²) in [5.41, 5.74) is 4.06. The van der Waals surface area contributed by atoms with Crippen LogP contribution < -0.4 is 5.32 Å². The molecule has 5 rings (SSSR count). The molecule has 1 aliphatic rings. The molecule has 1 N–H and O–H groups in total. The number of aryl methyl sites for hydroxylation is 2. The van der Waals surface area contributed by atoms with Gasteiger partial charge in [0.2, 0.25) is 10.0 Å². The van der Waals surface area contributed by atoms with E-state index in [0.717, 1.165) is 44.4 Å². The molecule has 0 spiro atoms. The van der Waals surface area contributed by atoms with Gasteiger partial charge in [-0.25, -0.2) is 23.4 Å². The van der Waals surface area contributed by atoms with Gasteiger partial charge in [0.05, 0.1) is 15.1 Å². The minimum atomic E-state index is -3.52. The maximum atomic E-state index is 13.2. The molecule has 8 nitrogen and oxygen atoms in total. The molecule has 0 bridgehead atoms. The average molecular weight is 529 g/mol. The van der Waals surface area contributed by atoms with Crippen molar-refractivity contribution in [2.45, 2.75) is 31.7 Å². The summed E-state index contributed by atoms with van der Waals surface area (Å²) in [6, 6.07) is 7.23. The van der Waals surface area contributed by atoms with E-state index in [9.17, 15) is 8.42 Å². The number of anilines is 1. The highest BCUT2D eigenvalue weighted by molar-refractivity contribution is 7.89. The van der Waals surface area contributed by atoms with Crippen LogP contribution in [0.2, 0.25) is 0 Å². The van der Waals surface area contributed by atoms with E-state index in [1.54, 1.807) is 45.4 Å². The summed E-state index contributed by atoms with van der Waals surface area (Å²) in [5, 5.41) is 8.51. The second kappa shape index (κ2) is 9.90. The summed E-state index contributed by atoms with van der Waals surface area (Å²) in [7, 11) is -3.52. The molecule has 0 unspecified atom stereocenters. The fourth-order valence-electron chi connectivity index (χ4n) is 4.30. The molecule has 11 heteroatoms. The zero-order chi connectivity index (χ0) is 24.6. The molecule has 1 atom stereocenters. The zero-order valence-electron chi connectivity index (χ0n) is 19.9. The predicted molar refractivity (Wildman–Crippen MR) is 143 cm³/mol. The monoisotopic (exact) mass is 528 g/mol. The molecule has 0 amide bonds. The first-order chi connectivity index (χ1) is 16.8. The number of hydrogen-bond donors (Lipinski definition) is 1. The minimum Gasteiger partial charge on any atom is -0.365 e. The second-order valence-electron chi connectivity index (χ2n) is 8.89. The Morgan fingerprint density at radius 1 is 1.03 bits per heavy atom. The number of thiophene rings is 1. The molecule has 1 aromatic carbocycles. The van der Waals surface area contributed by atoms with Crippen LogP contribution in [0.3, 0.4) is 0 Å². The topological polar surface area (TPSA) is 91.3 Å². The van der Waals surface area contributed by atoms with Crippen LogP contribution in [0.5, 0.6) is 0 Å². The van der Waals surface area contributed by atoms with Gasteiger partial charge in [-0.1, -0.05) is 12.1 Å². The van der Waals surface area contributed by atoms with Crippen molar-refractivity contribution in [1.82, 2.24) is 24.2 Å². The van der Waals surface area contributed by atoms with Gasteiger partial charge in [0.15, 0.2) is 0 Å². The lowest BCUT2D eigenvalue weighted by Crippen LogP contribution is -2.50. The van der Waals surface area contributed by atoms with Gasteiger partial charge in [-0.15, -0.1) is 22.7 Å². The molecule has 4 heterocycles. The average Bonchev–Trinajstić information content (AvgIpc) is 3.46. The van der Waals surface area contributed by atoms with Crippen LogP contribution in [0.4, 0.5) is 5.82 Å². The predicted octanol–water partition coefficient (Wildman–Crippen LogP) is 4.24. The van der Waals surface area contributed by atoms with E-state index in [0.29, 0.717) is 31.1 Å². The molecule has 1 saturated heterocycles. The van der Waals surface area contributed by atoms with Crippen molar-refractivity contribution >= 4 is 48.7 Å². The van der Waals surface area contributed by atoms with Crippen molar-refractivity contribution in [1.29, 1.82) is 0 Å². The molecule has 4 aromatic rings. The molecule has 184 valence electrons. The van der Waals surface area contributed by atoms with Gasteiger partial charge in [-0.3, -0.25) is 4.90 Å². The van der Waals surface area contributed by atoms with Gasteiger partial charge in [0, 0.05) is 55.4 Å². The second-order valence-corrected chi connectivity index (χ2v) is 12.6. The highest BCUT2D eigenvalue weighted by Crippen LogP contribution is 2.29. The number of fused-ring (bicyclic) bond motifs is 1. The Kier molecular flexibility index (Phi) is 6.86. The third-order valence-electron chi connectivity index (χ3n) is 6.14. The highest BCUT2D eigenvalue weighted by Gasteiger charge is 2.29. The maximum Gasteiger partial charge on any atom is 0.243 e. The number of hydrogen-bond acceptors (Lipinski definition) is 9. The summed E-state index contributed by atoms with van der Waals surface area (Å²) in [5.74, 6) is 0.859. The van der Waals surface area contributed by atoms with Gasteiger partial charge < -0.3 is 5.32 Å². The Labute approximate surface area is 213 Å². The summed E-state index contributed by atoms with van der Waals surface area (Å²) in [4.78, 5) is 15.9. The molecule has 1 fully saturated rings. The Morgan fingerprint density at radius 3 is 2.46 bits per heavy atom. The lowest BCUT2D eigenvalue weighted by atomic mass is 10.2. The van der Waals surface area contributed by atoms with Crippen molar-refractivity contribution in [2.24, 2.45) is 0 Å². The van der Waals surface area contributed by atoms with E-state index >= 15 is 0 Å². The molecular weight excluding hydrogens is 501 g/mol. The number of sulfonamides is 1. The summed E-state index contributed by atoms with van der Waals surface area (Å²) >= 11 is 3.22. The normalized spacial score (nSPS) is 16.5.